The molecule has 26 heavy (non-hydrogen) atoms. The quantitative estimate of drug-likeness (QED) is 0.624. The highest BCUT2D eigenvalue weighted by Gasteiger charge is 2.44. The molecule has 0 aliphatic carbocycles. The van der Waals surface area contributed by atoms with Crippen LogP contribution in [0.25, 0.3) is 0 Å². The first-order valence-corrected chi connectivity index (χ1v) is 8.30. The van der Waals surface area contributed by atoms with Gasteiger partial charge in [0.05, 0.1) is 6.54 Å². The molecule has 1 atom stereocenters. The zero-order valence-corrected chi connectivity index (χ0v) is 14.8. The molecule has 1 aliphatic rings. The normalized spacial score (nSPS) is 17.2. The van der Waals surface area contributed by atoms with Gasteiger partial charge in [-0.2, -0.15) is 0 Å². The van der Waals surface area contributed by atoms with Gasteiger partial charge < -0.3 is 0 Å². The molecule has 1 unspecified atom stereocenters. The predicted molar refractivity (Wildman–Crippen MR) is 95.7 cm³/mol. The van der Waals surface area contributed by atoms with Crippen molar-refractivity contribution < 1.29 is 18.8 Å². The van der Waals surface area contributed by atoms with Gasteiger partial charge in [-0.05, 0) is 50.6 Å². The number of carbonyl (C=O) groups is 3. The Morgan fingerprint density at radius 3 is 2.35 bits per heavy atom. The van der Waals surface area contributed by atoms with E-state index in [1.165, 1.54) is 29.2 Å². The van der Waals surface area contributed by atoms with Gasteiger partial charge in [0.25, 0.3) is 5.91 Å². The highest BCUT2D eigenvalue weighted by molar-refractivity contribution is 6.16. The summed E-state index contributed by atoms with van der Waals surface area (Å²) < 4.78 is 13.1. The molecule has 2 aromatic rings. The van der Waals surface area contributed by atoms with Crippen LogP contribution < -0.4 is 4.90 Å². The number of aryl methyl sites for hydroxylation is 2. The van der Waals surface area contributed by atoms with E-state index in [0.29, 0.717) is 11.3 Å². The summed E-state index contributed by atoms with van der Waals surface area (Å²) in [6.45, 7) is 5.02. The van der Waals surface area contributed by atoms with Crippen molar-refractivity contribution >= 4 is 23.4 Å². The van der Waals surface area contributed by atoms with Crippen LogP contribution in [0.1, 0.15) is 28.4 Å². The molecule has 3 amide bonds. The lowest BCUT2D eigenvalue weighted by Crippen LogP contribution is -2.37. The summed E-state index contributed by atoms with van der Waals surface area (Å²) in [7, 11) is 0. The number of ketones is 1. The minimum atomic E-state index is -0.750. The van der Waals surface area contributed by atoms with Crippen LogP contribution in [-0.2, 0) is 4.79 Å². The van der Waals surface area contributed by atoms with Gasteiger partial charge in [0.2, 0.25) is 0 Å². The maximum atomic E-state index is 13.1. The molecular formula is C20H19FN2O3. The Bertz CT molecular complexity index is 892. The van der Waals surface area contributed by atoms with Crippen LogP contribution in [0, 0.1) is 19.7 Å². The van der Waals surface area contributed by atoms with Crippen LogP contribution in [0.4, 0.5) is 14.9 Å². The van der Waals surface area contributed by atoms with E-state index in [-0.39, 0.29) is 12.3 Å². The van der Waals surface area contributed by atoms with Crippen molar-refractivity contribution in [2.45, 2.75) is 26.8 Å². The molecule has 3 rings (SSSR count). The average Bonchev–Trinajstić information content (AvgIpc) is 2.79. The van der Waals surface area contributed by atoms with E-state index in [2.05, 4.69) is 0 Å². The van der Waals surface area contributed by atoms with E-state index >= 15 is 0 Å². The Kier molecular flexibility index (Phi) is 4.59. The third kappa shape index (κ3) is 3.10. The lowest BCUT2D eigenvalue weighted by atomic mass is 10.0. The van der Waals surface area contributed by atoms with Crippen molar-refractivity contribution in [1.29, 1.82) is 0 Å². The Morgan fingerprint density at radius 1 is 1.08 bits per heavy atom. The van der Waals surface area contributed by atoms with Gasteiger partial charge in [-0.3, -0.25) is 19.4 Å². The Labute approximate surface area is 151 Å². The van der Waals surface area contributed by atoms with Gasteiger partial charge in [0, 0.05) is 11.3 Å². The fourth-order valence-electron chi connectivity index (χ4n) is 3.16. The monoisotopic (exact) mass is 354 g/mol. The van der Waals surface area contributed by atoms with Crippen LogP contribution in [0.5, 0.6) is 0 Å². The van der Waals surface area contributed by atoms with Gasteiger partial charge in [-0.1, -0.05) is 23.8 Å². The third-order valence-electron chi connectivity index (χ3n) is 4.54. The molecule has 134 valence electrons. The molecule has 1 heterocycles. The molecule has 5 nitrogen and oxygen atoms in total. The zero-order valence-electron chi connectivity index (χ0n) is 14.8. The van der Waals surface area contributed by atoms with Crippen molar-refractivity contribution in [3.8, 4) is 0 Å². The van der Waals surface area contributed by atoms with Gasteiger partial charge in [-0.25, -0.2) is 9.18 Å². The number of nitrogens with zero attached hydrogens (tertiary/aromatic N) is 2. The summed E-state index contributed by atoms with van der Waals surface area (Å²) in [5, 5.41) is 0. The number of hydrogen-bond acceptors (Lipinski definition) is 3. The number of halogens is 1. The van der Waals surface area contributed by atoms with Crippen molar-refractivity contribution in [3.05, 3.63) is 65.0 Å². The highest BCUT2D eigenvalue weighted by Crippen LogP contribution is 2.26. The number of hydrogen-bond donors (Lipinski definition) is 0. The van der Waals surface area contributed by atoms with E-state index < -0.39 is 23.8 Å². The van der Waals surface area contributed by atoms with Crippen LogP contribution >= 0.6 is 0 Å². The number of amides is 3. The average molecular weight is 354 g/mol. The fraction of sp³-hybridized carbons (Fsp3) is 0.250. The maximum Gasteiger partial charge on any atom is 0.332 e. The van der Waals surface area contributed by atoms with Gasteiger partial charge in [0.15, 0.2) is 5.78 Å². The van der Waals surface area contributed by atoms with Crippen molar-refractivity contribution in [2.24, 2.45) is 0 Å². The number of rotatable bonds is 4. The summed E-state index contributed by atoms with van der Waals surface area (Å²) in [6, 6.07) is 9.41. The number of Topliss-reactive ketones (excluding diaryl/α,β-unsaturated/α-hetero) is 1. The molecule has 1 aliphatic heterocycles. The van der Waals surface area contributed by atoms with E-state index in [1.807, 2.05) is 26.0 Å². The molecule has 0 saturated carbocycles. The predicted octanol–water partition coefficient (Wildman–Crippen LogP) is 3.48. The Hall–Kier alpha value is -3.02. The summed E-state index contributed by atoms with van der Waals surface area (Å²) in [6.07, 6.45) is 0. The van der Waals surface area contributed by atoms with E-state index in [0.717, 1.165) is 16.0 Å². The standard InChI is InChI=1S/C20H19FN2O3/c1-12-4-9-17(13(2)10-12)18(24)11-22-19(25)14(3)23(20(22)26)16-7-5-15(21)6-8-16/h4-10,14H,11H2,1-3H3. The molecule has 1 fully saturated rings. The zero-order chi connectivity index (χ0) is 19.0. The second kappa shape index (κ2) is 6.71. The molecule has 0 radical (unpaired) electrons. The molecule has 6 heteroatoms. The molecule has 1 saturated heterocycles. The molecule has 0 N–H and O–H groups in total. The molecule has 0 bridgehead atoms. The Morgan fingerprint density at radius 2 is 1.73 bits per heavy atom. The second-order valence-electron chi connectivity index (χ2n) is 6.47. The lowest BCUT2D eigenvalue weighted by Gasteiger charge is -2.19. The molecule has 2 aromatic carbocycles. The fourth-order valence-corrected chi connectivity index (χ4v) is 3.16. The summed E-state index contributed by atoms with van der Waals surface area (Å²) in [4.78, 5) is 40.0. The third-order valence-corrected chi connectivity index (χ3v) is 4.54. The Balaban J connectivity index is 1.84. The van der Waals surface area contributed by atoms with Crippen molar-refractivity contribution in [1.82, 2.24) is 4.90 Å². The number of benzene rings is 2. The number of anilines is 1. The topological polar surface area (TPSA) is 57.7 Å². The first-order valence-electron chi connectivity index (χ1n) is 8.30. The first-order chi connectivity index (χ1) is 12.3. The molecular weight excluding hydrogens is 335 g/mol. The smallest absolute Gasteiger partial charge is 0.292 e. The number of imide groups is 1. The van der Waals surface area contributed by atoms with Crippen molar-refractivity contribution in [3.63, 3.8) is 0 Å². The van der Waals surface area contributed by atoms with Gasteiger partial charge >= 0.3 is 6.03 Å². The van der Waals surface area contributed by atoms with Gasteiger partial charge in [0.1, 0.15) is 11.9 Å². The highest BCUT2D eigenvalue weighted by atomic mass is 19.1. The summed E-state index contributed by atoms with van der Waals surface area (Å²) in [5.41, 5.74) is 2.74. The van der Waals surface area contributed by atoms with Gasteiger partial charge in [-0.15, -0.1) is 0 Å². The van der Waals surface area contributed by atoms with E-state index in [4.69, 9.17) is 0 Å². The minimum Gasteiger partial charge on any atom is -0.292 e. The number of urea groups is 1. The summed E-state index contributed by atoms with van der Waals surface area (Å²) >= 11 is 0. The van der Waals surface area contributed by atoms with Crippen LogP contribution in [-0.4, -0.2) is 35.2 Å². The largest absolute Gasteiger partial charge is 0.332 e. The number of carbonyl (C=O) groups excluding carboxylic acids is 3. The van der Waals surface area contributed by atoms with E-state index in [1.54, 1.807) is 13.0 Å². The lowest BCUT2D eigenvalue weighted by molar-refractivity contribution is -0.126. The second-order valence-corrected chi connectivity index (χ2v) is 6.47. The van der Waals surface area contributed by atoms with Crippen molar-refractivity contribution in [2.75, 3.05) is 11.4 Å². The van der Waals surface area contributed by atoms with E-state index in [9.17, 15) is 18.8 Å². The first kappa shape index (κ1) is 17.8. The maximum absolute atomic E-state index is 13.1. The minimum absolute atomic E-state index is 0.294. The summed E-state index contributed by atoms with van der Waals surface area (Å²) in [5.74, 6) is -1.17. The SMILES string of the molecule is Cc1ccc(C(=O)CN2C(=O)C(C)N(c3ccc(F)cc3)C2=O)c(C)c1. The van der Waals surface area contributed by atoms with Crippen LogP contribution in [0.3, 0.4) is 0 Å². The van der Waals surface area contributed by atoms with Crippen LogP contribution in [0.15, 0.2) is 42.5 Å². The molecule has 0 spiro atoms. The van der Waals surface area contributed by atoms with Crippen LogP contribution in [0.2, 0.25) is 0 Å². The molecule has 0 aromatic heterocycles.